The van der Waals surface area contributed by atoms with E-state index in [-0.39, 0.29) is 24.9 Å². The highest BCUT2D eigenvalue weighted by Crippen LogP contribution is 2.24. The van der Waals surface area contributed by atoms with Crippen LogP contribution in [0.15, 0.2) is 30.3 Å². The minimum atomic E-state index is -1.07. The zero-order chi connectivity index (χ0) is 19.4. The highest BCUT2D eigenvalue weighted by atomic mass is 35.5. The van der Waals surface area contributed by atoms with E-state index in [9.17, 15) is 14.4 Å². The van der Waals surface area contributed by atoms with Gasteiger partial charge in [-0.15, -0.1) is 23.7 Å². The molecule has 0 radical (unpaired) electrons. The van der Waals surface area contributed by atoms with E-state index < -0.39 is 17.9 Å². The van der Waals surface area contributed by atoms with Crippen molar-refractivity contribution in [1.29, 1.82) is 0 Å². The van der Waals surface area contributed by atoms with Crippen molar-refractivity contribution in [3.05, 3.63) is 51.5 Å². The molecule has 0 bridgehead atoms. The summed E-state index contributed by atoms with van der Waals surface area (Å²) in [5, 5.41) is 5.74. The van der Waals surface area contributed by atoms with E-state index in [2.05, 4.69) is 20.5 Å². The summed E-state index contributed by atoms with van der Waals surface area (Å²) in [4.78, 5) is 43.0. The first-order valence-electron chi connectivity index (χ1n) is 8.54. The molecule has 10 heteroatoms. The summed E-state index contributed by atoms with van der Waals surface area (Å²) in [6.07, 6.45) is 0.830. The number of likely N-dealkylation sites (N-methyl/N-ethyl adjacent to an activating group) is 1. The number of hydrogen-bond acceptors (Lipinski definition) is 6. The fourth-order valence-electron chi connectivity index (χ4n) is 2.86. The second-order valence-electron chi connectivity index (χ2n) is 6.39. The van der Waals surface area contributed by atoms with Crippen LogP contribution in [-0.2, 0) is 22.6 Å². The van der Waals surface area contributed by atoms with Crippen LogP contribution in [-0.4, -0.2) is 47.7 Å². The summed E-state index contributed by atoms with van der Waals surface area (Å²) >= 11 is 1.39. The fourth-order valence-corrected chi connectivity index (χ4v) is 3.96. The molecule has 3 amide bonds. The van der Waals surface area contributed by atoms with E-state index in [0.717, 1.165) is 35.6 Å². The van der Waals surface area contributed by atoms with E-state index in [1.165, 1.54) is 11.3 Å². The van der Waals surface area contributed by atoms with Gasteiger partial charge < -0.3 is 21.3 Å². The zero-order valence-electron chi connectivity index (χ0n) is 15.3. The molecule has 1 aliphatic rings. The van der Waals surface area contributed by atoms with Gasteiger partial charge in [-0.3, -0.25) is 14.4 Å². The summed E-state index contributed by atoms with van der Waals surface area (Å²) in [5.74, 6) is -2.27. The van der Waals surface area contributed by atoms with Crippen LogP contribution in [0.5, 0.6) is 0 Å². The molecule has 0 aliphatic carbocycles. The van der Waals surface area contributed by atoms with Crippen molar-refractivity contribution < 1.29 is 14.4 Å². The van der Waals surface area contributed by atoms with Gasteiger partial charge in [-0.1, -0.05) is 30.3 Å². The maximum absolute atomic E-state index is 12.5. The molecule has 1 aliphatic heterocycles. The lowest BCUT2D eigenvalue weighted by atomic mass is 10.1. The van der Waals surface area contributed by atoms with Gasteiger partial charge in [0.1, 0.15) is 0 Å². The molecule has 1 aromatic heterocycles. The molecule has 150 valence electrons. The van der Waals surface area contributed by atoms with Crippen molar-refractivity contribution in [2.75, 3.05) is 20.1 Å². The number of nitrogens with one attached hydrogen (secondary N) is 2. The lowest BCUT2D eigenvalue weighted by molar-refractivity contribution is -0.137. The van der Waals surface area contributed by atoms with E-state index in [1.54, 1.807) is 12.1 Å². The van der Waals surface area contributed by atoms with Crippen molar-refractivity contribution in [3.8, 4) is 0 Å². The van der Waals surface area contributed by atoms with Crippen LogP contribution in [0.2, 0.25) is 0 Å². The monoisotopic (exact) mass is 423 g/mol. The van der Waals surface area contributed by atoms with E-state index in [1.807, 2.05) is 25.2 Å². The molecule has 0 fully saturated rings. The maximum atomic E-state index is 12.5. The lowest BCUT2D eigenvalue weighted by Gasteiger charge is -2.20. The Morgan fingerprint density at radius 2 is 2.00 bits per heavy atom. The van der Waals surface area contributed by atoms with Crippen LogP contribution in [0.4, 0.5) is 0 Å². The number of nitrogens with two attached hydrogens (primary N) is 1. The molecule has 1 aromatic carbocycles. The third-order valence-corrected chi connectivity index (χ3v) is 5.40. The number of hydrogen-bond donors (Lipinski definition) is 3. The van der Waals surface area contributed by atoms with Crippen LogP contribution >= 0.6 is 23.7 Å². The second-order valence-corrected chi connectivity index (χ2v) is 7.47. The van der Waals surface area contributed by atoms with E-state index >= 15 is 0 Å². The number of aromatic nitrogens is 1. The van der Waals surface area contributed by atoms with Crippen molar-refractivity contribution in [2.45, 2.75) is 19.0 Å². The maximum Gasteiger partial charge on any atom is 0.309 e. The molecule has 4 N–H and O–H groups in total. The van der Waals surface area contributed by atoms with Crippen LogP contribution < -0.4 is 16.4 Å². The average Bonchev–Trinajstić information content (AvgIpc) is 3.08. The average molecular weight is 424 g/mol. The number of amides is 3. The number of nitrogens with zero attached hydrogens (tertiary/aromatic N) is 2. The largest absolute Gasteiger partial charge is 0.361 e. The van der Waals surface area contributed by atoms with Gasteiger partial charge in [0.25, 0.3) is 5.91 Å². The number of benzene rings is 1. The molecule has 2 aromatic rings. The van der Waals surface area contributed by atoms with Crippen LogP contribution in [0.3, 0.4) is 0 Å². The molecule has 8 nitrogen and oxygen atoms in total. The van der Waals surface area contributed by atoms with Gasteiger partial charge in [0.15, 0.2) is 5.01 Å². The summed E-state index contributed by atoms with van der Waals surface area (Å²) in [7, 11) is 2.04. The number of primary amides is 1. The number of carbonyl (C=O) groups excluding carboxylic acids is 3. The van der Waals surface area contributed by atoms with Crippen LogP contribution in [0.25, 0.3) is 0 Å². The quantitative estimate of drug-likeness (QED) is 0.609. The Balaban J connectivity index is 0.00000280. The Morgan fingerprint density at radius 1 is 1.29 bits per heavy atom. The third-order valence-electron chi connectivity index (χ3n) is 4.31. The minimum Gasteiger partial charge on any atom is -0.361 e. The molecule has 1 unspecified atom stereocenters. The topological polar surface area (TPSA) is 117 Å². The van der Waals surface area contributed by atoms with E-state index in [0.29, 0.717) is 5.01 Å². The van der Waals surface area contributed by atoms with Gasteiger partial charge in [-0.25, -0.2) is 4.98 Å². The van der Waals surface area contributed by atoms with Gasteiger partial charge in [0.2, 0.25) is 0 Å². The number of rotatable bonds is 5. The summed E-state index contributed by atoms with van der Waals surface area (Å²) in [6, 6.07) is 8.49. The second kappa shape index (κ2) is 9.63. The standard InChI is InChI=1S/C18H21N5O3S.ClH/c1-23-8-7-12-14(10-23)27-18(22-12)17(26)20-9-13(21-16(25)15(19)24)11-5-3-2-4-6-11;/h2-6,13H,7-10H2,1H3,(H2,19,24)(H,20,26)(H,21,25);1H. The molecule has 1 atom stereocenters. The van der Waals surface area contributed by atoms with Gasteiger partial charge >= 0.3 is 11.8 Å². The predicted octanol–water partition coefficient (Wildman–Crippen LogP) is 0.625. The van der Waals surface area contributed by atoms with Crippen LogP contribution in [0, 0.1) is 0 Å². The van der Waals surface area contributed by atoms with Gasteiger partial charge in [-0.2, -0.15) is 0 Å². The molecule has 2 heterocycles. The third kappa shape index (κ3) is 5.28. The Morgan fingerprint density at radius 3 is 2.68 bits per heavy atom. The Labute approximate surface area is 172 Å². The molecule has 0 saturated carbocycles. The first kappa shape index (κ1) is 21.8. The van der Waals surface area contributed by atoms with Crippen molar-refractivity contribution in [1.82, 2.24) is 20.5 Å². The Kier molecular flexibility index (Phi) is 7.50. The molecule has 28 heavy (non-hydrogen) atoms. The first-order chi connectivity index (χ1) is 12.9. The molecular weight excluding hydrogens is 402 g/mol. The summed E-state index contributed by atoms with van der Waals surface area (Å²) in [5.41, 5.74) is 6.76. The van der Waals surface area contributed by atoms with E-state index in [4.69, 9.17) is 5.73 Å². The van der Waals surface area contributed by atoms with Gasteiger partial charge in [0.05, 0.1) is 11.7 Å². The summed E-state index contributed by atoms with van der Waals surface area (Å²) in [6.45, 7) is 1.83. The molecular formula is C18H22ClN5O3S. The van der Waals surface area contributed by atoms with Crippen molar-refractivity contribution in [2.24, 2.45) is 5.73 Å². The molecule has 0 spiro atoms. The number of thiazole rings is 1. The van der Waals surface area contributed by atoms with Crippen molar-refractivity contribution in [3.63, 3.8) is 0 Å². The van der Waals surface area contributed by atoms with Crippen LogP contribution in [0.1, 0.15) is 32.0 Å². The normalized spacial score (nSPS) is 14.3. The van der Waals surface area contributed by atoms with Gasteiger partial charge in [-0.05, 0) is 12.6 Å². The highest BCUT2D eigenvalue weighted by Gasteiger charge is 2.23. The Hall–Kier alpha value is -2.49. The lowest BCUT2D eigenvalue weighted by Crippen LogP contribution is -2.42. The van der Waals surface area contributed by atoms with Crippen molar-refractivity contribution >= 4 is 41.5 Å². The number of fused-ring (bicyclic) bond motifs is 1. The fraction of sp³-hybridized carbons (Fsp3) is 0.333. The number of halogens is 1. The summed E-state index contributed by atoms with van der Waals surface area (Å²) < 4.78 is 0. The predicted molar refractivity (Wildman–Crippen MR) is 108 cm³/mol. The highest BCUT2D eigenvalue weighted by molar-refractivity contribution is 7.13. The van der Waals surface area contributed by atoms with Gasteiger partial charge in [0, 0.05) is 30.9 Å². The molecule has 0 saturated heterocycles. The zero-order valence-corrected chi connectivity index (χ0v) is 16.9. The smallest absolute Gasteiger partial charge is 0.309 e. The molecule has 3 rings (SSSR count). The Bertz CT molecular complexity index is 858. The minimum absolute atomic E-state index is 0. The number of carbonyl (C=O) groups is 3. The SMILES string of the molecule is CN1CCc2nc(C(=O)NCC(NC(=O)C(N)=O)c3ccccc3)sc2C1.Cl. The first-order valence-corrected chi connectivity index (χ1v) is 9.36.